The molecule has 9 nitrogen and oxygen atoms in total. The minimum atomic E-state index is -3.61. The van der Waals surface area contributed by atoms with E-state index >= 15 is 0 Å². The van der Waals surface area contributed by atoms with Crippen LogP contribution >= 0.6 is 0 Å². The average Bonchev–Trinajstić information content (AvgIpc) is 2.60. The molecule has 0 saturated heterocycles. The van der Waals surface area contributed by atoms with Crippen molar-refractivity contribution in [2.45, 2.75) is 31.8 Å². The SMILES string of the molecule is CCN(CC)S(=O)(=O)c1ccc(C(=O)NCC(=O)OC(C)C(N)=O)cc1. The summed E-state index contributed by atoms with van der Waals surface area (Å²) in [6, 6.07) is 5.36. The number of nitrogens with zero attached hydrogens (tertiary/aromatic N) is 1. The van der Waals surface area contributed by atoms with Crippen molar-refractivity contribution in [3.63, 3.8) is 0 Å². The van der Waals surface area contributed by atoms with E-state index in [4.69, 9.17) is 10.5 Å². The van der Waals surface area contributed by atoms with Gasteiger partial charge in [-0.25, -0.2) is 8.42 Å². The van der Waals surface area contributed by atoms with Gasteiger partial charge >= 0.3 is 5.97 Å². The molecule has 1 unspecified atom stereocenters. The molecule has 0 aliphatic rings. The topological polar surface area (TPSA) is 136 Å². The second kappa shape index (κ2) is 9.30. The summed E-state index contributed by atoms with van der Waals surface area (Å²) in [5.41, 5.74) is 5.15. The van der Waals surface area contributed by atoms with Crippen molar-refractivity contribution in [1.29, 1.82) is 0 Å². The fraction of sp³-hybridized carbons (Fsp3) is 0.438. The largest absolute Gasteiger partial charge is 0.451 e. The zero-order chi connectivity index (χ0) is 19.9. The number of benzene rings is 1. The lowest BCUT2D eigenvalue weighted by Gasteiger charge is -2.18. The van der Waals surface area contributed by atoms with Gasteiger partial charge in [-0.2, -0.15) is 4.31 Å². The molecule has 0 fully saturated rings. The Kier molecular flexibility index (Phi) is 7.72. The van der Waals surface area contributed by atoms with Crippen LogP contribution in [-0.2, 0) is 24.3 Å². The van der Waals surface area contributed by atoms with Gasteiger partial charge in [-0.15, -0.1) is 0 Å². The monoisotopic (exact) mass is 385 g/mol. The predicted octanol–water partition coefficient (Wildman–Crippen LogP) is -0.136. The first-order valence-electron chi connectivity index (χ1n) is 8.00. The van der Waals surface area contributed by atoms with Crippen LogP contribution in [0.25, 0.3) is 0 Å². The molecule has 1 atom stereocenters. The zero-order valence-electron chi connectivity index (χ0n) is 14.9. The minimum absolute atomic E-state index is 0.0763. The summed E-state index contributed by atoms with van der Waals surface area (Å²) in [4.78, 5) is 34.4. The highest BCUT2D eigenvalue weighted by Crippen LogP contribution is 2.16. The van der Waals surface area contributed by atoms with Gasteiger partial charge in [-0.3, -0.25) is 14.4 Å². The molecule has 10 heteroatoms. The molecule has 26 heavy (non-hydrogen) atoms. The molecule has 0 bridgehead atoms. The molecular weight excluding hydrogens is 362 g/mol. The van der Waals surface area contributed by atoms with Crippen molar-refractivity contribution < 1.29 is 27.5 Å². The molecule has 0 spiro atoms. The number of esters is 1. The van der Waals surface area contributed by atoms with Crippen LogP contribution in [0.3, 0.4) is 0 Å². The Morgan fingerprint density at radius 2 is 1.69 bits per heavy atom. The molecule has 0 aliphatic heterocycles. The van der Waals surface area contributed by atoms with Gasteiger partial charge in [0.25, 0.3) is 11.8 Å². The van der Waals surface area contributed by atoms with Crippen LogP contribution in [0.15, 0.2) is 29.2 Å². The maximum absolute atomic E-state index is 12.4. The molecule has 0 saturated carbocycles. The molecule has 1 rings (SSSR count). The first kappa shape index (κ1) is 21.6. The van der Waals surface area contributed by atoms with Crippen molar-refractivity contribution in [3.05, 3.63) is 29.8 Å². The molecule has 0 radical (unpaired) electrons. The summed E-state index contributed by atoms with van der Waals surface area (Å²) in [5.74, 6) is -2.19. The fourth-order valence-electron chi connectivity index (χ4n) is 2.04. The molecule has 144 valence electrons. The highest BCUT2D eigenvalue weighted by molar-refractivity contribution is 7.89. The van der Waals surface area contributed by atoms with Gasteiger partial charge in [0.1, 0.15) is 6.54 Å². The molecule has 0 heterocycles. The highest BCUT2D eigenvalue weighted by atomic mass is 32.2. The number of nitrogens with one attached hydrogen (secondary N) is 1. The molecule has 0 aromatic heterocycles. The first-order valence-corrected chi connectivity index (χ1v) is 9.44. The molecule has 3 N–H and O–H groups in total. The minimum Gasteiger partial charge on any atom is -0.451 e. The third-order valence-corrected chi connectivity index (χ3v) is 5.63. The van der Waals surface area contributed by atoms with Crippen LogP contribution in [0.4, 0.5) is 0 Å². The number of primary amides is 1. The lowest BCUT2D eigenvalue weighted by atomic mass is 10.2. The maximum Gasteiger partial charge on any atom is 0.326 e. The Balaban J connectivity index is 2.73. The predicted molar refractivity (Wildman–Crippen MR) is 93.6 cm³/mol. The molecule has 2 amide bonds. The first-order chi connectivity index (χ1) is 12.1. The highest BCUT2D eigenvalue weighted by Gasteiger charge is 2.22. The van der Waals surface area contributed by atoms with Crippen molar-refractivity contribution in [1.82, 2.24) is 9.62 Å². The number of hydrogen-bond donors (Lipinski definition) is 2. The van der Waals surface area contributed by atoms with Gasteiger partial charge in [0.15, 0.2) is 6.10 Å². The van der Waals surface area contributed by atoms with E-state index < -0.39 is 40.5 Å². The van der Waals surface area contributed by atoms with E-state index in [0.717, 1.165) is 0 Å². The van der Waals surface area contributed by atoms with Gasteiger partial charge < -0.3 is 15.8 Å². The van der Waals surface area contributed by atoms with Crippen LogP contribution in [0.5, 0.6) is 0 Å². The van der Waals surface area contributed by atoms with E-state index in [0.29, 0.717) is 13.1 Å². The van der Waals surface area contributed by atoms with Gasteiger partial charge in [0.05, 0.1) is 4.90 Å². The number of ether oxygens (including phenoxy) is 1. The number of rotatable bonds is 9. The molecule has 0 aliphatic carbocycles. The number of amides is 2. The normalized spacial score (nSPS) is 12.5. The third kappa shape index (κ3) is 5.53. The van der Waals surface area contributed by atoms with Gasteiger partial charge in [0.2, 0.25) is 10.0 Å². The summed E-state index contributed by atoms with van der Waals surface area (Å²) < 4.78 is 30.8. The standard InChI is InChI=1S/C16H23N3O6S/c1-4-19(5-2)26(23,24)13-8-6-12(7-9-13)16(22)18-10-14(20)25-11(3)15(17)21/h6-9,11H,4-5,10H2,1-3H3,(H2,17,21)(H,18,22). The molecular formula is C16H23N3O6S. The zero-order valence-corrected chi connectivity index (χ0v) is 15.7. The number of hydrogen-bond acceptors (Lipinski definition) is 6. The summed E-state index contributed by atoms with van der Waals surface area (Å²) in [5, 5.41) is 2.32. The Morgan fingerprint density at radius 1 is 1.15 bits per heavy atom. The van der Waals surface area contributed by atoms with E-state index in [2.05, 4.69) is 5.32 Å². The summed E-state index contributed by atoms with van der Waals surface area (Å²) in [6.45, 7) is 5.02. The van der Waals surface area contributed by atoms with E-state index in [9.17, 15) is 22.8 Å². The van der Waals surface area contributed by atoms with Crippen LogP contribution < -0.4 is 11.1 Å². The number of sulfonamides is 1. The molecule has 1 aromatic carbocycles. The van der Waals surface area contributed by atoms with E-state index in [1.54, 1.807) is 13.8 Å². The lowest BCUT2D eigenvalue weighted by molar-refractivity contribution is -0.152. The second-order valence-electron chi connectivity index (χ2n) is 5.33. The van der Waals surface area contributed by atoms with Crippen molar-refractivity contribution >= 4 is 27.8 Å². The Labute approximate surface area is 152 Å². The maximum atomic E-state index is 12.4. The fourth-order valence-corrected chi connectivity index (χ4v) is 3.50. The van der Waals surface area contributed by atoms with Gasteiger partial charge in [-0.05, 0) is 31.2 Å². The van der Waals surface area contributed by atoms with Crippen LogP contribution in [-0.4, -0.2) is 56.2 Å². The van der Waals surface area contributed by atoms with Crippen LogP contribution in [0, 0.1) is 0 Å². The average molecular weight is 385 g/mol. The summed E-state index contributed by atoms with van der Waals surface area (Å²) in [7, 11) is -3.61. The lowest BCUT2D eigenvalue weighted by Crippen LogP contribution is -2.36. The Hall–Kier alpha value is -2.46. The second-order valence-corrected chi connectivity index (χ2v) is 7.27. The van der Waals surface area contributed by atoms with Crippen LogP contribution in [0.1, 0.15) is 31.1 Å². The summed E-state index contributed by atoms with van der Waals surface area (Å²) >= 11 is 0. The van der Waals surface area contributed by atoms with E-state index in [-0.39, 0.29) is 10.5 Å². The van der Waals surface area contributed by atoms with Crippen molar-refractivity contribution in [2.24, 2.45) is 5.73 Å². The third-order valence-electron chi connectivity index (χ3n) is 3.56. The Morgan fingerprint density at radius 3 is 2.15 bits per heavy atom. The quantitative estimate of drug-likeness (QED) is 0.568. The van der Waals surface area contributed by atoms with Crippen molar-refractivity contribution in [3.8, 4) is 0 Å². The Bertz CT molecular complexity index is 757. The molecule has 1 aromatic rings. The number of nitrogens with two attached hydrogens (primary N) is 1. The van der Waals surface area contributed by atoms with Gasteiger partial charge in [-0.1, -0.05) is 13.8 Å². The van der Waals surface area contributed by atoms with E-state index in [1.807, 2.05) is 0 Å². The number of carbonyl (C=O) groups excluding carboxylic acids is 3. The van der Waals surface area contributed by atoms with Crippen LogP contribution in [0.2, 0.25) is 0 Å². The number of carbonyl (C=O) groups is 3. The summed E-state index contributed by atoms with van der Waals surface area (Å²) in [6.07, 6.45) is -1.09. The van der Waals surface area contributed by atoms with E-state index in [1.165, 1.54) is 35.5 Å². The smallest absolute Gasteiger partial charge is 0.326 e. The van der Waals surface area contributed by atoms with Crippen molar-refractivity contribution in [2.75, 3.05) is 19.6 Å². The van der Waals surface area contributed by atoms with Gasteiger partial charge in [0, 0.05) is 18.7 Å².